The lowest BCUT2D eigenvalue weighted by Gasteiger charge is -2.08. The number of methoxy groups -OCH3 is 1. The van der Waals surface area contributed by atoms with E-state index >= 15 is 0 Å². The van der Waals surface area contributed by atoms with Crippen LogP contribution in [-0.2, 0) is 6.54 Å². The zero-order chi connectivity index (χ0) is 14.5. The van der Waals surface area contributed by atoms with Crippen LogP contribution in [0.15, 0.2) is 42.5 Å². The summed E-state index contributed by atoms with van der Waals surface area (Å²) >= 11 is 0. The van der Waals surface area contributed by atoms with Crippen LogP contribution in [0, 0.1) is 5.82 Å². The Balaban J connectivity index is 2.05. The first-order valence-electron chi connectivity index (χ1n) is 6.00. The Morgan fingerprint density at radius 3 is 2.70 bits per heavy atom. The SMILES string of the molecule is COc1ccc(C(=O)NCc2ccccc2O)cc1F. The highest BCUT2D eigenvalue weighted by Gasteiger charge is 2.10. The molecule has 1 amide bonds. The van der Waals surface area contributed by atoms with Gasteiger partial charge in [-0.3, -0.25) is 4.79 Å². The number of hydrogen-bond donors (Lipinski definition) is 2. The molecule has 0 fully saturated rings. The van der Waals surface area contributed by atoms with E-state index in [-0.39, 0.29) is 23.6 Å². The second kappa shape index (κ2) is 6.06. The highest BCUT2D eigenvalue weighted by Crippen LogP contribution is 2.18. The van der Waals surface area contributed by atoms with Gasteiger partial charge in [0.25, 0.3) is 5.91 Å². The standard InChI is InChI=1S/C15H14FNO3/c1-20-14-7-6-10(8-12(14)16)15(19)17-9-11-4-2-3-5-13(11)18/h2-8,18H,9H2,1H3,(H,17,19). The average Bonchev–Trinajstić information content (AvgIpc) is 2.46. The summed E-state index contributed by atoms with van der Waals surface area (Å²) in [5.74, 6) is -0.825. The van der Waals surface area contributed by atoms with Crippen molar-refractivity contribution in [1.82, 2.24) is 5.32 Å². The fourth-order valence-corrected chi connectivity index (χ4v) is 1.75. The summed E-state index contributed by atoms with van der Waals surface area (Å²) in [7, 11) is 1.36. The number of amides is 1. The molecule has 2 rings (SSSR count). The Bertz CT molecular complexity index is 628. The number of rotatable bonds is 4. The lowest BCUT2D eigenvalue weighted by molar-refractivity contribution is 0.0950. The third kappa shape index (κ3) is 3.06. The van der Waals surface area contributed by atoms with Gasteiger partial charge >= 0.3 is 0 Å². The molecule has 0 bridgehead atoms. The van der Waals surface area contributed by atoms with Crippen molar-refractivity contribution in [3.05, 3.63) is 59.4 Å². The third-order valence-corrected chi connectivity index (χ3v) is 2.84. The fraction of sp³-hybridized carbons (Fsp3) is 0.133. The van der Waals surface area contributed by atoms with Crippen molar-refractivity contribution >= 4 is 5.91 Å². The molecule has 2 N–H and O–H groups in total. The van der Waals surface area contributed by atoms with Crippen LogP contribution in [0.25, 0.3) is 0 Å². The lowest BCUT2D eigenvalue weighted by Crippen LogP contribution is -2.22. The number of para-hydroxylation sites is 1. The van der Waals surface area contributed by atoms with Gasteiger partial charge in [-0.25, -0.2) is 4.39 Å². The van der Waals surface area contributed by atoms with Crippen molar-refractivity contribution in [1.29, 1.82) is 0 Å². The molecule has 5 heteroatoms. The first-order chi connectivity index (χ1) is 9.61. The van der Waals surface area contributed by atoms with Crippen LogP contribution in [0.5, 0.6) is 11.5 Å². The molecule has 0 atom stereocenters. The maximum absolute atomic E-state index is 13.5. The van der Waals surface area contributed by atoms with Crippen LogP contribution in [0.1, 0.15) is 15.9 Å². The van der Waals surface area contributed by atoms with Gasteiger partial charge in [-0.2, -0.15) is 0 Å². The van der Waals surface area contributed by atoms with Gasteiger partial charge in [0, 0.05) is 17.7 Å². The van der Waals surface area contributed by atoms with Crippen molar-refractivity contribution in [3.63, 3.8) is 0 Å². The number of benzene rings is 2. The van der Waals surface area contributed by atoms with E-state index in [0.29, 0.717) is 5.56 Å². The Hall–Kier alpha value is -2.56. The molecule has 0 spiro atoms. The zero-order valence-corrected chi connectivity index (χ0v) is 10.9. The molecular formula is C15H14FNO3. The molecule has 0 saturated heterocycles. The number of carbonyl (C=O) groups excluding carboxylic acids is 1. The number of halogens is 1. The zero-order valence-electron chi connectivity index (χ0n) is 10.9. The Kier molecular flexibility index (Phi) is 4.20. The van der Waals surface area contributed by atoms with Crippen LogP contribution in [0.3, 0.4) is 0 Å². The molecule has 4 nitrogen and oxygen atoms in total. The Morgan fingerprint density at radius 1 is 1.30 bits per heavy atom. The number of ether oxygens (including phenoxy) is 1. The number of hydrogen-bond acceptors (Lipinski definition) is 3. The van der Waals surface area contributed by atoms with Gasteiger partial charge in [-0.05, 0) is 24.3 Å². The van der Waals surface area contributed by atoms with E-state index in [1.807, 2.05) is 0 Å². The smallest absolute Gasteiger partial charge is 0.251 e. The van der Waals surface area contributed by atoms with Crippen LogP contribution >= 0.6 is 0 Å². The molecule has 2 aromatic carbocycles. The minimum Gasteiger partial charge on any atom is -0.508 e. The second-order valence-corrected chi connectivity index (χ2v) is 4.16. The van der Waals surface area contributed by atoms with Crippen molar-refractivity contribution in [2.45, 2.75) is 6.54 Å². The summed E-state index contributed by atoms with van der Waals surface area (Å²) in [6.07, 6.45) is 0. The number of aromatic hydroxyl groups is 1. The molecule has 2 aromatic rings. The van der Waals surface area contributed by atoms with E-state index < -0.39 is 11.7 Å². The van der Waals surface area contributed by atoms with Gasteiger partial charge in [0.15, 0.2) is 11.6 Å². The first kappa shape index (κ1) is 13.9. The van der Waals surface area contributed by atoms with Gasteiger partial charge < -0.3 is 15.2 Å². The van der Waals surface area contributed by atoms with Gasteiger partial charge in [0.05, 0.1) is 7.11 Å². The number of carbonyl (C=O) groups is 1. The van der Waals surface area contributed by atoms with E-state index in [2.05, 4.69) is 5.32 Å². The van der Waals surface area contributed by atoms with Crippen LogP contribution in [0.2, 0.25) is 0 Å². The number of phenols is 1. The summed E-state index contributed by atoms with van der Waals surface area (Å²) < 4.78 is 18.3. The fourth-order valence-electron chi connectivity index (χ4n) is 1.75. The van der Waals surface area contributed by atoms with E-state index in [4.69, 9.17) is 4.74 Å². The van der Waals surface area contributed by atoms with Gasteiger partial charge in [0.1, 0.15) is 5.75 Å². The molecular weight excluding hydrogens is 261 g/mol. The summed E-state index contributed by atoms with van der Waals surface area (Å²) in [5.41, 5.74) is 0.786. The number of nitrogens with one attached hydrogen (secondary N) is 1. The molecule has 0 aliphatic carbocycles. The minimum absolute atomic E-state index is 0.0854. The van der Waals surface area contributed by atoms with Crippen molar-refractivity contribution in [3.8, 4) is 11.5 Å². The third-order valence-electron chi connectivity index (χ3n) is 2.84. The van der Waals surface area contributed by atoms with E-state index in [9.17, 15) is 14.3 Å². The molecule has 0 radical (unpaired) electrons. The van der Waals surface area contributed by atoms with E-state index in [1.54, 1.807) is 18.2 Å². The summed E-state index contributed by atoms with van der Waals surface area (Å²) in [6.45, 7) is 0.166. The van der Waals surface area contributed by atoms with Gasteiger partial charge in [0.2, 0.25) is 0 Å². The first-order valence-corrected chi connectivity index (χ1v) is 6.00. The molecule has 0 unspecified atom stereocenters. The molecule has 0 aromatic heterocycles. The maximum atomic E-state index is 13.5. The van der Waals surface area contributed by atoms with E-state index in [1.165, 1.54) is 25.3 Å². The Labute approximate surface area is 115 Å². The molecule has 104 valence electrons. The Morgan fingerprint density at radius 2 is 2.05 bits per heavy atom. The van der Waals surface area contributed by atoms with E-state index in [0.717, 1.165) is 6.07 Å². The monoisotopic (exact) mass is 275 g/mol. The normalized spacial score (nSPS) is 10.1. The molecule has 0 aliphatic rings. The average molecular weight is 275 g/mol. The van der Waals surface area contributed by atoms with Crippen molar-refractivity contribution in [2.75, 3.05) is 7.11 Å². The summed E-state index contributed by atoms with van der Waals surface area (Å²) in [4.78, 5) is 11.9. The highest BCUT2D eigenvalue weighted by atomic mass is 19.1. The molecule has 0 heterocycles. The topological polar surface area (TPSA) is 58.6 Å². The van der Waals surface area contributed by atoms with Gasteiger partial charge in [-0.15, -0.1) is 0 Å². The molecule has 20 heavy (non-hydrogen) atoms. The molecule has 0 saturated carbocycles. The largest absolute Gasteiger partial charge is 0.508 e. The summed E-state index contributed by atoms with van der Waals surface area (Å²) in [5, 5.41) is 12.2. The van der Waals surface area contributed by atoms with Crippen molar-refractivity contribution < 1.29 is 19.0 Å². The minimum atomic E-state index is -0.595. The molecule has 0 aliphatic heterocycles. The van der Waals surface area contributed by atoms with Crippen LogP contribution in [-0.4, -0.2) is 18.1 Å². The highest BCUT2D eigenvalue weighted by molar-refractivity contribution is 5.94. The number of phenolic OH excluding ortho intramolecular Hbond substituents is 1. The van der Waals surface area contributed by atoms with Crippen molar-refractivity contribution in [2.24, 2.45) is 0 Å². The predicted molar refractivity (Wildman–Crippen MR) is 72.2 cm³/mol. The second-order valence-electron chi connectivity index (χ2n) is 4.16. The quantitative estimate of drug-likeness (QED) is 0.901. The maximum Gasteiger partial charge on any atom is 0.251 e. The summed E-state index contributed by atoms with van der Waals surface area (Å²) in [6, 6.07) is 10.7. The van der Waals surface area contributed by atoms with Gasteiger partial charge in [-0.1, -0.05) is 18.2 Å². The van der Waals surface area contributed by atoms with Crippen LogP contribution < -0.4 is 10.1 Å². The lowest BCUT2D eigenvalue weighted by atomic mass is 10.1. The predicted octanol–water partition coefficient (Wildman–Crippen LogP) is 2.47. The van der Waals surface area contributed by atoms with Crippen LogP contribution in [0.4, 0.5) is 4.39 Å².